The predicted molar refractivity (Wildman–Crippen MR) is 76.1 cm³/mol. The van der Waals surface area contributed by atoms with Crippen LogP contribution < -0.4 is 20.1 Å². The maximum absolute atomic E-state index is 11.8. The molecule has 5 nitrogen and oxygen atoms in total. The number of anilines is 1. The smallest absolute Gasteiger partial charge is 0.231 e. The van der Waals surface area contributed by atoms with Gasteiger partial charge in [-0.3, -0.25) is 4.79 Å². The van der Waals surface area contributed by atoms with Gasteiger partial charge in [0.25, 0.3) is 0 Å². The van der Waals surface area contributed by atoms with Gasteiger partial charge in [-0.15, -0.1) is 0 Å². The Bertz CT molecular complexity index is 484. The Morgan fingerprint density at radius 2 is 2.00 bits per heavy atom. The highest BCUT2D eigenvalue weighted by Crippen LogP contribution is 2.34. The first kappa shape index (κ1) is 13.1. The van der Waals surface area contributed by atoms with E-state index in [0.29, 0.717) is 19.0 Å². The van der Waals surface area contributed by atoms with Crippen molar-refractivity contribution in [3.8, 4) is 11.5 Å². The quantitative estimate of drug-likeness (QED) is 0.866. The lowest BCUT2D eigenvalue weighted by Gasteiger charge is -2.12. The van der Waals surface area contributed by atoms with Gasteiger partial charge in [-0.1, -0.05) is 12.8 Å². The summed E-state index contributed by atoms with van der Waals surface area (Å²) >= 11 is 0. The average molecular weight is 276 g/mol. The summed E-state index contributed by atoms with van der Waals surface area (Å²) in [6.45, 7) is 0.904. The number of ether oxygens (including phenoxy) is 2. The molecule has 1 aromatic rings. The molecular formula is C15H20N2O3. The molecule has 0 unspecified atom stereocenters. The van der Waals surface area contributed by atoms with Crippen molar-refractivity contribution in [3.63, 3.8) is 0 Å². The number of nitrogens with one attached hydrogen (secondary N) is 2. The molecule has 2 N–H and O–H groups in total. The van der Waals surface area contributed by atoms with Crippen molar-refractivity contribution in [2.75, 3.05) is 18.7 Å². The minimum atomic E-state index is 0.130. The Labute approximate surface area is 118 Å². The summed E-state index contributed by atoms with van der Waals surface area (Å²) < 4.78 is 10.6. The average Bonchev–Trinajstić information content (AvgIpc) is 3.09. The lowest BCUT2D eigenvalue weighted by molar-refractivity contribution is -0.121. The lowest BCUT2D eigenvalue weighted by atomic mass is 10.2. The van der Waals surface area contributed by atoms with Crippen LogP contribution in [0.5, 0.6) is 11.5 Å². The summed E-state index contributed by atoms with van der Waals surface area (Å²) in [5.74, 6) is 1.66. The zero-order chi connectivity index (χ0) is 13.8. The second-order valence-electron chi connectivity index (χ2n) is 5.29. The van der Waals surface area contributed by atoms with Gasteiger partial charge in [0.1, 0.15) is 0 Å². The Hall–Kier alpha value is -1.91. The number of carbonyl (C=O) groups excluding carboxylic acids is 1. The molecule has 20 heavy (non-hydrogen) atoms. The van der Waals surface area contributed by atoms with E-state index in [4.69, 9.17) is 9.47 Å². The monoisotopic (exact) mass is 276 g/mol. The molecule has 0 radical (unpaired) electrons. The molecule has 1 aromatic carbocycles. The first-order valence-corrected chi connectivity index (χ1v) is 7.24. The summed E-state index contributed by atoms with van der Waals surface area (Å²) in [6, 6.07) is 6.11. The van der Waals surface area contributed by atoms with E-state index in [0.717, 1.165) is 30.0 Å². The maximum atomic E-state index is 11.8. The highest BCUT2D eigenvalue weighted by molar-refractivity contribution is 5.76. The first-order chi connectivity index (χ1) is 9.81. The van der Waals surface area contributed by atoms with Crippen LogP contribution in [0.25, 0.3) is 0 Å². The Balaban J connectivity index is 1.42. The van der Waals surface area contributed by atoms with Crippen LogP contribution in [-0.2, 0) is 4.79 Å². The molecule has 0 spiro atoms. The number of carbonyl (C=O) groups is 1. The van der Waals surface area contributed by atoms with Crippen LogP contribution in [0.4, 0.5) is 5.69 Å². The maximum Gasteiger partial charge on any atom is 0.231 e. The molecule has 1 amide bonds. The molecule has 1 heterocycles. The SMILES string of the molecule is O=C(CCNc1ccc2c(c1)OCO2)NC1CCCC1. The van der Waals surface area contributed by atoms with Crippen molar-refractivity contribution in [2.45, 2.75) is 38.1 Å². The standard InChI is InChI=1S/C15H20N2O3/c18-15(17-11-3-1-2-4-11)7-8-16-12-5-6-13-14(9-12)20-10-19-13/h5-6,9,11,16H,1-4,7-8,10H2,(H,17,18). The fourth-order valence-corrected chi connectivity index (χ4v) is 2.70. The number of hydrogen-bond donors (Lipinski definition) is 2. The third-order valence-electron chi connectivity index (χ3n) is 3.77. The van der Waals surface area contributed by atoms with Crippen LogP contribution in [-0.4, -0.2) is 25.3 Å². The zero-order valence-corrected chi connectivity index (χ0v) is 11.5. The van der Waals surface area contributed by atoms with Gasteiger partial charge >= 0.3 is 0 Å². The van der Waals surface area contributed by atoms with Crippen LogP contribution in [0.15, 0.2) is 18.2 Å². The molecule has 1 fully saturated rings. The molecule has 108 valence electrons. The van der Waals surface area contributed by atoms with Gasteiger partial charge in [-0.25, -0.2) is 0 Å². The van der Waals surface area contributed by atoms with E-state index in [1.807, 2.05) is 18.2 Å². The fourth-order valence-electron chi connectivity index (χ4n) is 2.70. The fraction of sp³-hybridized carbons (Fsp3) is 0.533. The second kappa shape index (κ2) is 6.03. The van der Waals surface area contributed by atoms with Crippen molar-refractivity contribution in [3.05, 3.63) is 18.2 Å². The van der Waals surface area contributed by atoms with Crippen LogP contribution in [0.1, 0.15) is 32.1 Å². The molecule has 0 bridgehead atoms. The number of amides is 1. The Kier molecular flexibility index (Phi) is 3.95. The molecule has 2 aliphatic rings. The summed E-state index contributed by atoms with van der Waals surface area (Å²) in [5.41, 5.74) is 0.947. The van der Waals surface area contributed by atoms with Crippen molar-refractivity contribution in [2.24, 2.45) is 0 Å². The summed E-state index contributed by atoms with van der Waals surface area (Å²) in [4.78, 5) is 11.8. The number of rotatable bonds is 5. The highest BCUT2D eigenvalue weighted by Gasteiger charge is 2.17. The third-order valence-corrected chi connectivity index (χ3v) is 3.77. The van der Waals surface area contributed by atoms with Crippen molar-refractivity contribution in [1.29, 1.82) is 0 Å². The molecule has 0 saturated heterocycles. The zero-order valence-electron chi connectivity index (χ0n) is 11.5. The third kappa shape index (κ3) is 3.15. The molecular weight excluding hydrogens is 256 g/mol. The minimum Gasteiger partial charge on any atom is -0.454 e. The normalized spacial score (nSPS) is 17.2. The van der Waals surface area contributed by atoms with E-state index in [2.05, 4.69) is 10.6 Å². The Morgan fingerprint density at radius 3 is 2.85 bits per heavy atom. The van der Waals surface area contributed by atoms with E-state index in [-0.39, 0.29) is 12.7 Å². The van der Waals surface area contributed by atoms with E-state index < -0.39 is 0 Å². The molecule has 0 atom stereocenters. The summed E-state index contributed by atoms with van der Waals surface area (Å²) in [6.07, 6.45) is 5.22. The van der Waals surface area contributed by atoms with Crippen LogP contribution in [0, 0.1) is 0 Å². The largest absolute Gasteiger partial charge is 0.454 e. The van der Waals surface area contributed by atoms with Crippen LogP contribution in [0.2, 0.25) is 0 Å². The topological polar surface area (TPSA) is 59.6 Å². The van der Waals surface area contributed by atoms with Crippen molar-refractivity contribution >= 4 is 11.6 Å². The van der Waals surface area contributed by atoms with Gasteiger partial charge in [0.15, 0.2) is 11.5 Å². The first-order valence-electron chi connectivity index (χ1n) is 7.24. The van der Waals surface area contributed by atoms with Gasteiger partial charge in [0.2, 0.25) is 12.7 Å². The van der Waals surface area contributed by atoms with Crippen LogP contribution in [0.3, 0.4) is 0 Å². The van der Waals surface area contributed by atoms with E-state index in [1.165, 1.54) is 12.8 Å². The molecule has 1 aliphatic heterocycles. The molecule has 5 heteroatoms. The van der Waals surface area contributed by atoms with E-state index in [1.54, 1.807) is 0 Å². The van der Waals surface area contributed by atoms with Gasteiger partial charge < -0.3 is 20.1 Å². The number of fused-ring (bicyclic) bond motifs is 1. The van der Waals surface area contributed by atoms with Crippen molar-refractivity contribution in [1.82, 2.24) is 5.32 Å². The predicted octanol–water partition coefficient (Wildman–Crippen LogP) is 2.28. The number of benzene rings is 1. The van der Waals surface area contributed by atoms with Gasteiger partial charge in [-0.2, -0.15) is 0 Å². The molecule has 1 aliphatic carbocycles. The van der Waals surface area contributed by atoms with Crippen molar-refractivity contribution < 1.29 is 14.3 Å². The van der Waals surface area contributed by atoms with Crippen LogP contribution >= 0.6 is 0 Å². The highest BCUT2D eigenvalue weighted by atomic mass is 16.7. The minimum absolute atomic E-state index is 0.130. The van der Waals surface area contributed by atoms with Gasteiger partial charge in [0.05, 0.1) is 0 Å². The second-order valence-corrected chi connectivity index (χ2v) is 5.29. The molecule has 1 saturated carbocycles. The van der Waals surface area contributed by atoms with Gasteiger partial charge in [-0.05, 0) is 25.0 Å². The molecule has 3 rings (SSSR count). The lowest BCUT2D eigenvalue weighted by Crippen LogP contribution is -2.33. The molecule has 0 aromatic heterocycles. The van der Waals surface area contributed by atoms with Gasteiger partial charge in [0, 0.05) is 30.8 Å². The Morgan fingerprint density at radius 1 is 1.20 bits per heavy atom. The summed E-state index contributed by atoms with van der Waals surface area (Å²) in [5, 5.41) is 6.32. The van der Waals surface area contributed by atoms with E-state index >= 15 is 0 Å². The number of hydrogen-bond acceptors (Lipinski definition) is 4. The van der Waals surface area contributed by atoms with E-state index in [9.17, 15) is 4.79 Å². The summed E-state index contributed by atoms with van der Waals surface area (Å²) in [7, 11) is 0.